The number of nitrogens with one attached hydrogen (secondary N) is 1. The lowest BCUT2D eigenvalue weighted by atomic mass is 10.4. The van der Waals surface area contributed by atoms with Crippen molar-refractivity contribution in [3.05, 3.63) is 35.3 Å². The quantitative estimate of drug-likeness (QED) is 0.779. The summed E-state index contributed by atoms with van der Waals surface area (Å²) >= 11 is 5.83. The molecule has 0 spiro atoms. The smallest absolute Gasteiger partial charge is 0.271 e. The summed E-state index contributed by atoms with van der Waals surface area (Å²) in [5.74, 6) is 0.437. The van der Waals surface area contributed by atoms with Gasteiger partial charge < -0.3 is 10.5 Å². The first-order valence-electron chi connectivity index (χ1n) is 5.93. The maximum atomic E-state index is 12.2. The van der Waals surface area contributed by atoms with Crippen LogP contribution in [0.4, 0.5) is 5.69 Å². The van der Waals surface area contributed by atoms with Crippen molar-refractivity contribution in [3.8, 4) is 5.88 Å². The number of hydrogen-bond acceptors (Lipinski definition) is 6. The molecule has 0 aliphatic carbocycles. The van der Waals surface area contributed by atoms with E-state index in [1.807, 2.05) is 6.92 Å². The Kier molecular flexibility index (Phi) is 4.76. The number of aromatic nitrogens is 1. The van der Waals surface area contributed by atoms with Gasteiger partial charge in [0.1, 0.15) is 9.20 Å². The average Bonchev–Trinajstić information content (AvgIpc) is 2.92. The zero-order valence-corrected chi connectivity index (χ0v) is 13.5. The fourth-order valence-electron chi connectivity index (χ4n) is 1.48. The molecule has 0 saturated heterocycles. The van der Waals surface area contributed by atoms with Gasteiger partial charge in [-0.25, -0.2) is 13.4 Å². The topological polar surface area (TPSA) is 94.3 Å². The van der Waals surface area contributed by atoms with Crippen LogP contribution < -0.4 is 15.2 Å². The Labute approximate surface area is 132 Å². The minimum Gasteiger partial charge on any atom is -0.478 e. The third-order valence-corrected chi connectivity index (χ3v) is 5.71. The summed E-state index contributed by atoms with van der Waals surface area (Å²) in [6.45, 7) is 2.34. The van der Waals surface area contributed by atoms with Crippen molar-refractivity contribution in [1.82, 2.24) is 4.98 Å². The molecule has 0 fully saturated rings. The predicted octanol–water partition coefficient (Wildman–Crippen LogP) is 1.98. The number of nitrogens with two attached hydrogens (primary N) is 1. The van der Waals surface area contributed by atoms with Crippen molar-refractivity contribution in [2.75, 3.05) is 11.3 Å². The molecule has 9 heteroatoms. The van der Waals surface area contributed by atoms with E-state index < -0.39 is 10.0 Å². The Balaban J connectivity index is 2.18. The molecule has 2 rings (SSSR count). The van der Waals surface area contributed by atoms with Crippen molar-refractivity contribution in [1.29, 1.82) is 0 Å². The second kappa shape index (κ2) is 6.37. The van der Waals surface area contributed by atoms with Crippen molar-refractivity contribution in [2.45, 2.75) is 11.1 Å². The van der Waals surface area contributed by atoms with Crippen LogP contribution >= 0.6 is 23.6 Å². The lowest BCUT2D eigenvalue weighted by molar-refractivity contribution is 0.327. The van der Waals surface area contributed by atoms with Crippen molar-refractivity contribution < 1.29 is 13.2 Å². The molecule has 2 aromatic rings. The molecule has 112 valence electrons. The van der Waals surface area contributed by atoms with Gasteiger partial charge in [-0.1, -0.05) is 12.2 Å². The van der Waals surface area contributed by atoms with Gasteiger partial charge in [-0.05, 0) is 25.1 Å². The van der Waals surface area contributed by atoms with Crippen LogP contribution in [0.15, 0.2) is 34.7 Å². The highest BCUT2D eigenvalue weighted by Gasteiger charge is 2.17. The van der Waals surface area contributed by atoms with E-state index in [2.05, 4.69) is 9.71 Å². The number of pyridine rings is 1. The molecule has 0 atom stereocenters. The van der Waals surface area contributed by atoms with Gasteiger partial charge in [0.25, 0.3) is 10.0 Å². The van der Waals surface area contributed by atoms with E-state index in [0.29, 0.717) is 23.1 Å². The number of nitrogens with zero attached hydrogens (tertiary/aromatic N) is 1. The number of hydrogen-bond donors (Lipinski definition) is 2. The fraction of sp³-hybridized carbons (Fsp3) is 0.167. The minimum absolute atomic E-state index is 0.138. The maximum absolute atomic E-state index is 12.2. The van der Waals surface area contributed by atoms with Crippen molar-refractivity contribution in [2.24, 2.45) is 5.73 Å². The van der Waals surface area contributed by atoms with Crippen LogP contribution in [-0.2, 0) is 10.0 Å². The van der Waals surface area contributed by atoms with Crippen LogP contribution in [0.3, 0.4) is 0 Å². The molecular formula is C12H13N3O3S3. The molecule has 2 heterocycles. The Morgan fingerprint density at radius 3 is 2.71 bits per heavy atom. The summed E-state index contributed by atoms with van der Waals surface area (Å²) in [7, 11) is -3.68. The number of ether oxygens (including phenoxy) is 1. The number of thiophene rings is 1. The number of thiocarbonyl (C=S) groups is 1. The van der Waals surface area contributed by atoms with Gasteiger partial charge in [-0.2, -0.15) is 0 Å². The summed E-state index contributed by atoms with van der Waals surface area (Å²) in [5, 5.41) is 0. The summed E-state index contributed by atoms with van der Waals surface area (Å²) in [5.41, 5.74) is 5.82. The van der Waals surface area contributed by atoms with Gasteiger partial charge in [0.2, 0.25) is 5.88 Å². The first-order chi connectivity index (χ1) is 9.92. The molecule has 0 aliphatic rings. The highest BCUT2D eigenvalue weighted by atomic mass is 32.2. The van der Waals surface area contributed by atoms with Crippen LogP contribution in [0.5, 0.6) is 5.88 Å². The average molecular weight is 343 g/mol. The maximum Gasteiger partial charge on any atom is 0.271 e. The summed E-state index contributed by atoms with van der Waals surface area (Å²) in [6, 6.07) is 6.22. The Hall–Kier alpha value is -1.71. The van der Waals surface area contributed by atoms with Gasteiger partial charge in [-0.3, -0.25) is 4.72 Å². The van der Waals surface area contributed by atoms with E-state index in [1.54, 1.807) is 18.2 Å². The van der Waals surface area contributed by atoms with Gasteiger partial charge in [0, 0.05) is 6.07 Å². The first kappa shape index (κ1) is 15.7. The molecule has 6 nitrogen and oxygen atoms in total. The molecule has 3 N–H and O–H groups in total. The van der Waals surface area contributed by atoms with Crippen LogP contribution in [0.2, 0.25) is 0 Å². The van der Waals surface area contributed by atoms with E-state index in [9.17, 15) is 8.42 Å². The predicted molar refractivity (Wildman–Crippen MR) is 86.4 cm³/mol. The van der Waals surface area contributed by atoms with Crippen molar-refractivity contribution >= 4 is 44.3 Å². The van der Waals surface area contributed by atoms with E-state index in [1.165, 1.54) is 12.3 Å². The first-order valence-corrected chi connectivity index (χ1v) is 8.64. The Morgan fingerprint density at radius 1 is 1.43 bits per heavy atom. The molecule has 0 aliphatic heterocycles. The molecule has 0 bridgehead atoms. The van der Waals surface area contributed by atoms with Gasteiger partial charge in [0.05, 0.1) is 23.4 Å². The Morgan fingerprint density at radius 2 is 2.19 bits per heavy atom. The van der Waals surface area contributed by atoms with Gasteiger partial charge in [0.15, 0.2) is 0 Å². The van der Waals surface area contributed by atoms with Crippen LogP contribution in [0.25, 0.3) is 0 Å². The summed E-state index contributed by atoms with van der Waals surface area (Å²) < 4.78 is 32.2. The second-order valence-electron chi connectivity index (χ2n) is 3.91. The van der Waals surface area contributed by atoms with E-state index >= 15 is 0 Å². The molecule has 0 unspecified atom stereocenters. The molecule has 21 heavy (non-hydrogen) atoms. The molecular weight excluding hydrogens is 330 g/mol. The largest absolute Gasteiger partial charge is 0.478 e. The third kappa shape index (κ3) is 3.90. The van der Waals surface area contributed by atoms with Gasteiger partial charge >= 0.3 is 0 Å². The van der Waals surface area contributed by atoms with Crippen LogP contribution in [0.1, 0.15) is 11.8 Å². The normalized spacial score (nSPS) is 11.1. The number of anilines is 1. The minimum atomic E-state index is -3.68. The molecule has 0 aromatic carbocycles. The fourth-order valence-corrected chi connectivity index (χ4v) is 3.87. The molecule has 0 radical (unpaired) electrons. The number of rotatable bonds is 6. The second-order valence-corrected chi connectivity index (χ2v) is 7.34. The zero-order chi connectivity index (χ0) is 15.5. The summed E-state index contributed by atoms with van der Waals surface area (Å²) in [4.78, 5) is 4.71. The lowest BCUT2D eigenvalue weighted by Gasteiger charge is -2.07. The highest BCUT2D eigenvalue weighted by Crippen LogP contribution is 2.24. The van der Waals surface area contributed by atoms with Crippen LogP contribution in [-0.4, -0.2) is 25.0 Å². The van der Waals surface area contributed by atoms with Crippen molar-refractivity contribution in [3.63, 3.8) is 0 Å². The molecule has 0 amide bonds. The van der Waals surface area contributed by atoms with E-state index in [4.69, 9.17) is 22.7 Å². The van der Waals surface area contributed by atoms with E-state index in [0.717, 1.165) is 11.3 Å². The van der Waals surface area contributed by atoms with Crippen LogP contribution in [0, 0.1) is 0 Å². The standard InChI is InChI=1S/C12H13N3O3S3/c1-2-18-10-5-3-8(7-14-10)15-21(16,17)11-6-4-9(20-11)12(13)19/h3-7,15H,2H2,1H3,(H2,13,19). The third-order valence-electron chi connectivity index (χ3n) is 2.37. The number of sulfonamides is 1. The highest BCUT2D eigenvalue weighted by molar-refractivity contribution is 7.94. The lowest BCUT2D eigenvalue weighted by Crippen LogP contribution is -2.12. The van der Waals surface area contributed by atoms with E-state index in [-0.39, 0.29) is 9.20 Å². The zero-order valence-electron chi connectivity index (χ0n) is 11.1. The molecule has 2 aromatic heterocycles. The monoisotopic (exact) mass is 343 g/mol. The molecule has 0 saturated carbocycles. The Bertz CT molecular complexity index is 739. The SMILES string of the molecule is CCOc1ccc(NS(=O)(=O)c2ccc(C(N)=S)s2)cn1. The summed E-state index contributed by atoms with van der Waals surface area (Å²) in [6.07, 6.45) is 1.39. The van der Waals surface area contributed by atoms with Gasteiger partial charge in [-0.15, -0.1) is 11.3 Å².